The van der Waals surface area contributed by atoms with Crippen LogP contribution in [0.3, 0.4) is 0 Å². The fourth-order valence-electron chi connectivity index (χ4n) is 4.80. The van der Waals surface area contributed by atoms with Crippen LogP contribution in [-0.4, -0.2) is 94.3 Å². The molecule has 0 aliphatic rings. The van der Waals surface area contributed by atoms with Gasteiger partial charge in [0.25, 0.3) is 0 Å². The zero-order valence-corrected chi connectivity index (χ0v) is 28.1. The highest BCUT2D eigenvalue weighted by Crippen LogP contribution is 2.13. The third-order valence-electron chi connectivity index (χ3n) is 7.43. The SMILES string of the molecule is CC(C)[C@H](NC(=O)[C@H](CC(N)=O)NC(=O)[C@H](Cc1ccc(O)cc1)NC(=O)[C@H](CC(N)=O)NC(=O)CN)C(=O)N[C@@H](Cc1ccccc1)C(=O)O. The predicted molar refractivity (Wildman–Crippen MR) is 181 cm³/mol. The minimum atomic E-state index is -1.68. The molecule has 0 radical (unpaired) electrons. The van der Waals surface area contributed by atoms with E-state index in [0.29, 0.717) is 11.1 Å². The first kappa shape index (κ1) is 41.1. The lowest BCUT2D eigenvalue weighted by atomic mass is 10.00. The van der Waals surface area contributed by atoms with Gasteiger partial charge in [-0.1, -0.05) is 56.3 Å². The van der Waals surface area contributed by atoms with E-state index in [9.17, 15) is 48.6 Å². The van der Waals surface area contributed by atoms with E-state index >= 15 is 0 Å². The van der Waals surface area contributed by atoms with E-state index < -0.39 is 103 Å². The van der Waals surface area contributed by atoms with Crippen molar-refractivity contribution in [1.82, 2.24) is 26.6 Å². The Balaban J connectivity index is 2.33. The topological polar surface area (TPSA) is 315 Å². The Hall–Kier alpha value is -6.04. The van der Waals surface area contributed by atoms with Crippen molar-refractivity contribution in [2.45, 2.75) is 69.7 Å². The number of rotatable bonds is 20. The van der Waals surface area contributed by atoms with Gasteiger partial charge in [0.2, 0.25) is 41.4 Å². The maximum absolute atomic E-state index is 13.7. The molecule has 18 heteroatoms. The summed E-state index contributed by atoms with van der Waals surface area (Å²) < 4.78 is 0. The second kappa shape index (κ2) is 19.8. The first-order valence-electron chi connectivity index (χ1n) is 15.8. The van der Waals surface area contributed by atoms with Gasteiger partial charge >= 0.3 is 5.97 Å². The van der Waals surface area contributed by atoms with Gasteiger partial charge in [-0.3, -0.25) is 33.6 Å². The predicted octanol–water partition coefficient (Wildman–Crippen LogP) is -2.95. The Labute approximate surface area is 293 Å². The van der Waals surface area contributed by atoms with Gasteiger partial charge in [-0.25, -0.2) is 4.79 Å². The van der Waals surface area contributed by atoms with Gasteiger partial charge in [0.15, 0.2) is 0 Å². The lowest BCUT2D eigenvalue weighted by molar-refractivity contribution is -0.142. The summed E-state index contributed by atoms with van der Waals surface area (Å²) in [5, 5.41) is 31.3. The van der Waals surface area contributed by atoms with Crippen LogP contribution in [0.5, 0.6) is 5.75 Å². The minimum absolute atomic E-state index is 0.0502. The van der Waals surface area contributed by atoms with Gasteiger partial charge in [0.1, 0.15) is 36.0 Å². The number of hydrogen-bond acceptors (Lipinski definition) is 10. The summed E-state index contributed by atoms with van der Waals surface area (Å²) in [7, 11) is 0. The van der Waals surface area contributed by atoms with Crippen molar-refractivity contribution in [3.63, 3.8) is 0 Å². The molecule has 18 nitrogen and oxygen atoms in total. The van der Waals surface area contributed by atoms with Crippen LogP contribution in [0.1, 0.15) is 37.8 Å². The quantitative estimate of drug-likeness (QED) is 0.0662. The van der Waals surface area contributed by atoms with Gasteiger partial charge < -0.3 is 54.0 Å². The van der Waals surface area contributed by atoms with Gasteiger partial charge in [0, 0.05) is 12.8 Å². The number of aliphatic carboxylic acids is 1. The average Bonchev–Trinajstić information content (AvgIpc) is 3.06. The Bertz CT molecular complexity index is 1570. The maximum Gasteiger partial charge on any atom is 0.326 e. The van der Waals surface area contributed by atoms with E-state index in [1.807, 2.05) is 0 Å². The number of nitrogens with one attached hydrogen (secondary N) is 5. The number of phenols is 1. The summed E-state index contributed by atoms with van der Waals surface area (Å²) in [5.41, 5.74) is 17.0. The highest BCUT2D eigenvalue weighted by atomic mass is 16.4. The monoisotopic (exact) mass is 712 g/mol. The normalized spacial score (nSPS) is 13.7. The number of carboxylic acids is 1. The third kappa shape index (κ3) is 14.1. The van der Waals surface area contributed by atoms with Crippen molar-refractivity contribution in [3.05, 3.63) is 65.7 Å². The molecule has 0 bridgehead atoms. The van der Waals surface area contributed by atoms with Crippen LogP contribution >= 0.6 is 0 Å². The molecule has 2 aromatic rings. The van der Waals surface area contributed by atoms with Gasteiger partial charge in [0.05, 0.1) is 19.4 Å². The van der Waals surface area contributed by atoms with Crippen LogP contribution in [0.15, 0.2) is 54.6 Å². The molecule has 0 aromatic heterocycles. The maximum atomic E-state index is 13.7. The number of nitrogens with two attached hydrogens (primary N) is 3. The molecule has 0 saturated carbocycles. The smallest absolute Gasteiger partial charge is 0.326 e. The second-order valence-electron chi connectivity index (χ2n) is 12.0. The number of carbonyl (C=O) groups excluding carboxylic acids is 7. The summed E-state index contributed by atoms with van der Waals surface area (Å²) >= 11 is 0. The molecule has 7 amide bonds. The molecule has 51 heavy (non-hydrogen) atoms. The van der Waals surface area contributed by atoms with Gasteiger partial charge in [-0.05, 0) is 29.2 Å². The summed E-state index contributed by atoms with van der Waals surface area (Å²) in [6.07, 6.45) is -1.69. The number of amides is 7. The molecule has 0 aliphatic heterocycles. The van der Waals surface area contributed by atoms with E-state index in [2.05, 4.69) is 26.6 Å². The number of phenolic OH excluding ortho intramolecular Hbond substituents is 1. The lowest BCUT2D eigenvalue weighted by Gasteiger charge is -2.28. The molecule has 0 unspecified atom stereocenters. The zero-order valence-electron chi connectivity index (χ0n) is 28.1. The van der Waals surface area contributed by atoms with Crippen LogP contribution in [0.4, 0.5) is 0 Å². The van der Waals surface area contributed by atoms with Crippen molar-refractivity contribution in [1.29, 1.82) is 0 Å². The van der Waals surface area contributed by atoms with E-state index in [0.717, 1.165) is 0 Å². The van der Waals surface area contributed by atoms with Gasteiger partial charge in [-0.15, -0.1) is 0 Å². The highest BCUT2D eigenvalue weighted by Gasteiger charge is 2.34. The molecular formula is C33H44N8O10. The average molecular weight is 713 g/mol. The summed E-state index contributed by atoms with van der Waals surface area (Å²) in [5.74, 6) is -8.67. The molecule has 5 atom stereocenters. The number of aromatic hydroxyl groups is 1. The van der Waals surface area contributed by atoms with Crippen molar-refractivity contribution >= 4 is 47.3 Å². The third-order valence-corrected chi connectivity index (χ3v) is 7.43. The van der Waals surface area contributed by atoms with Crippen molar-refractivity contribution < 1.29 is 48.6 Å². The number of carbonyl (C=O) groups is 8. The first-order valence-corrected chi connectivity index (χ1v) is 15.8. The van der Waals surface area contributed by atoms with Crippen molar-refractivity contribution in [2.75, 3.05) is 6.54 Å². The minimum Gasteiger partial charge on any atom is -0.508 e. The molecule has 0 fully saturated rings. The number of primary amides is 2. The second-order valence-corrected chi connectivity index (χ2v) is 12.0. The standard InChI is InChI=1S/C33H44N8O10/c1-17(2)28(32(49)40-24(33(50)51)13-18-6-4-3-5-7-18)41-31(48)23(15-26(36)44)39-29(46)21(12-19-8-10-20(42)11-9-19)38-30(47)22(14-25(35)43)37-27(45)16-34/h3-11,17,21-24,28,42H,12-16,34H2,1-2H3,(H2,35,43)(H2,36,44)(H,37,45)(H,38,47)(H,39,46)(H,40,49)(H,41,48)(H,50,51)/t21-,22-,23-,24-,28-/m0/s1. The Morgan fingerprint density at radius 3 is 1.57 bits per heavy atom. The Morgan fingerprint density at radius 1 is 0.608 bits per heavy atom. The van der Waals surface area contributed by atoms with Crippen LogP contribution in [0.2, 0.25) is 0 Å². The number of hydrogen-bond donors (Lipinski definition) is 10. The van der Waals surface area contributed by atoms with E-state index in [4.69, 9.17) is 17.2 Å². The molecule has 276 valence electrons. The van der Waals surface area contributed by atoms with Crippen molar-refractivity contribution in [3.8, 4) is 5.75 Å². The van der Waals surface area contributed by atoms with E-state index in [1.165, 1.54) is 24.3 Å². The van der Waals surface area contributed by atoms with Gasteiger partial charge in [-0.2, -0.15) is 0 Å². The Kier molecular flexibility index (Phi) is 16.0. The number of carboxylic acid groups (broad SMARTS) is 1. The lowest BCUT2D eigenvalue weighted by Crippen LogP contribution is -2.60. The molecule has 0 aliphatic carbocycles. The molecule has 0 spiro atoms. The molecule has 0 heterocycles. The van der Waals surface area contributed by atoms with Crippen LogP contribution < -0.4 is 43.8 Å². The number of benzene rings is 2. The van der Waals surface area contributed by atoms with E-state index in [1.54, 1.807) is 44.2 Å². The highest BCUT2D eigenvalue weighted by molar-refractivity contribution is 5.98. The van der Waals surface area contributed by atoms with E-state index in [-0.39, 0.29) is 18.6 Å². The largest absolute Gasteiger partial charge is 0.508 e. The Morgan fingerprint density at radius 2 is 1.06 bits per heavy atom. The fourth-order valence-corrected chi connectivity index (χ4v) is 4.80. The van der Waals surface area contributed by atoms with Crippen LogP contribution in [0, 0.1) is 5.92 Å². The summed E-state index contributed by atoms with van der Waals surface area (Å²) in [6, 6.07) is 6.68. The van der Waals surface area contributed by atoms with Crippen LogP contribution in [-0.2, 0) is 51.2 Å². The molecule has 2 aromatic carbocycles. The van der Waals surface area contributed by atoms with Crippen molar-refractivity contribution in [2.24, 2.45) is 23.1 Å². The molecule has 13 N–H and O–H groups in total. The van der Waals surface area contributed by atoms with Crippen LogP contribution in [0.25, 0.3) is 0 Å². The molecular weight excluding hydrogens is 668 g/mol. The zero-order chi connectivity index (χ0) is 38.2. The summed E-state index contributed by atoms with van der Waals surface area (Å²) in [4.78, 5) is 101. The summed E-state index contributed by atoms with van der Waals surface area (Å²) in [6.45, 7) is 2.63. The molecule has 2 rings (SSSR count). The first-order chi connectivity index (χ1) is 24.0. The fraction of sp³-hybridized carbons (Fsp3) is 0.394. The molecule has 0 saturated heterocycles.